The fourth-order valence-corrected chi connectivity index (χ4v) is 2.01. The molecule has 3 heteroatoms. The van der Waals surface area contributed by atoms with E-state index >= 15 is 0 Å². The summed E-state index contributed by atoms with van der Waals surface area (Å²) >= 11 is 0. The molecular weight excluding hydrogens is 251 g/mol. The summed E-state index contributed by atoms with van der Waals surface area (Å²) in [5.74, 6) is -0.246. The first-order chi connectivity index (χ1) is 9.60. The third kappa shape index (κ3) is 3.43. The van der Waals surface area contributed by atoms with Crippen LogP contribution < -0.4 is 5.32 Å². The number of rotatable bonds is 4. The van der Waals surface area contributed by atoms with Gasteiger partial charge in [-0.1, -0.05) is 42.0 Å². The van der Waals surface area contributed by atoms with Crippen LogP contribution in [0.2, 0.25) is 0 Å². The smallest absolute Gasteiger partial charge is 0.126 e. The monoisotopic (exact) mass is 268 g/mol. The summed E-state index contributed by atoms with van der Waals surface area (Å²) in [5, 5.41) is 12.4. The molecule has 0 bridgehead atoms. The number of hydrogen-bond donors (Lipinski definition) is 1. The first-order valence-electron chi connectivity index (χ1n) is 6.55. The standard InChI is InChI=1S/C17H17FN2/c1-12-3-5-14(6-4-12)11-20-17(10-19)15-7-8-16(18)13(2)9-15/h3-9,17,20H,11H2,1-2H3. The SMILES string of the molecule is Cc1ccc(CNC(C#N)c2ccc(F)c(C)c2)cc1. The Morgan fingerprint density at radius 2 is 1.85 bits per heavy atom. The molecule has 0 radical (unpaired) electrons. The highest BCUT2D eigenvalue weighted by Crippen LogP contribution is 2.17. The summed E-state index contributed by atoms with van der Waals surface area (Å²) in [7, 11) is 0. The molecular formula is C17H17FN2. The Labute approximate surface area is 118 Å². The van der Waals surface area contributed by atoms with Gasteiger partial charge in [-0.3, -0.25) is 5.32 Å². The van der Waals surface area contributed by atoms with Crippen LogP contribution in [0.4, 0.5) is 4.39 Å². The third-order valence-electron chi connectivity index (χ3n) is 3.28. The molecule has 2 rings (SSSR count). The van der Waals surface area contributed by atoms with Crippen molar-refractivity contribution in [3.8, 4) is 6.07 Å². The Kier molecular flexibility index (Phi) is 4.49. The van der Waals surface area contributed by atoms with Crippen LogP contribution in [0.25, 0.3) is 0 Å². The number of nitriles is 1. The van der Waals surface area contributed by atoms with Crippen LogP contribution in [0, 0.1) is 31.0 Å². The first-order valence-corrected chi connectivity index (χ1v) is 6.55. The van der Waals surface area contributed by atoms with Crippen molar-refractivity contribution in [3.63, 3.8) is 0 Å². The highest BCUT2D eigenvalue weighted by atomic mass is 19.1. The largest absolute Gasteiger partial charge is 0.294 e. The summed E-state index contributed by atoms with van der Waals surface area (Å²) in [4.78, 5) is 0. The van der Waals surface area contributed by atoms with Crippen molar-refractivity contribution in [2.45, 2.75) is 26.4 Å². The fraction of sp³-hybridized carbons (Fsp3) is 0.235. The predicted molar refractivity (Wildman–Crippen MR) is 77.5 cm³/mol. The van der Waals surface area contributed by atoms with Crippen molar-refractivity contribution in [2.75, 3.05) is 0 Å². The topological polar surface area (TPSA) is 35.8 Å². The maximum atomic E-state index is 13.3. The lowest BCUT2D eigenvalue weighted by Crippen LogP contribution is -2.19. The summed E-state index contributed by atoms with van der Waals surface area (Å²) in [6, 6.07) is 14.7. The summed E-state index contributed by atoms with van der Waals surface area (Å²) < 4.78 is 13.3. The first kappa shape index (κ1) is 14.2. The van der Waals surface area contributed by atoms with E-state index in [2.05, 4.69) is 11.4 Å². The van der Waals surface area contributed by atoms with Gasteiger partial charge < -0.3 is 0 Å². The van der Waals surface area contributed by atoms with Gasteiger partial charge in [-0.05, 0) is 36.6 Å². The lowest BCUT2D eigenvalue weighted by molar-refractivity contribution is 0.607. The number of aryl methyl sites for hydroxylation is 2. The van der Waals surface area contributed by atoms with E-state index < -0.39 is 6.04 Å². The Balaban J connectivity index is 2.07. The Hall–Kier alpha value is -2.18. The molecule has 0 aliphatic heterocycles. The number of halogens is 1. The average Bonchev–Trinajstić information content (AvgIpc) is 2.45. The number of nitrogens with zero attached hydrogens (tertiary/aromatic N) is 1. The van der Waals surface area contributed by atoms with Gasteiger partial charge in [0.2, 0.25) is 0 Å². The second kappa shape index (κ2) is 6.31. The number of hydrogen-bond acceptors (Lipinski definition) is 2. The van der Waals surface area contributed by atoms with Crippen molar-refractivity contribution < 1.29 is 4.39 Å². The van der Waals surface area contributed by atoms with E-state index in [4.69, 9.17) is 0 Å². The van der Waals surface area contributed by atoms with Gasteiger partial charge in [0.25, 0.3) is 0 Å². The lowest BCUT2D eigenvalue weighted by atomic mass is 10.0. The highest BCUT2D eigenvalue weighted by molar-refractivity contribution is 5.30. The fourth-order valence-electron chi connectivity index (χ4n) is 2.01. The molecule has 0 amide bonds. The van der Waals surface area contributed by atoms with Gasteiger partial charge in [0.05, 0.1) is 6.07 Å². The van der Waals surface area contributed by atoms with Gasteiger partial charge in [0, 0.05) is 6.54 Å². The van der Waals surface area contributed by atoms with E-state index in [0.29, 0.717) is 12.1 Å². The molecule has 0 aromatic heterocycles. The second-order valence-corrected chi connectivity index (χ2v) is 4.94. The molecule has 0 aliphatic carbocycles. The lowest BCUT2D eigenvalue weighted by Gasteiger charge is -2.13. The van der Waals surface area contributed by atoms with Gasteiger partial charge in [-0.15, -0.1) is 0 Å². The molecule has 1 N–H and O–H groups in total. The van der Waals surface area contributed by atoms with Crippen molar-refractivity contribution in [3.05, 3.63) is 70.5 Å². The van der Waals surface area contributed by atoms with Gasteiger partial charge in [0.1, 0.15) is 11.9 Å². The summed E-state index contributed by atoms with van der Waals surface area (Å²) in [6.45, 7) is 4.35. The van der Waals surface area contributed by atoms with Gasteiger partial charge in [-0.25, -0.2) is 4.39 Å². The number of benzene rings is 2. The molecule has 1 unspecified atom stereocenters. The third-order valence-corrected chi connectivity index (χ3v) is 3.28. The highest BCUT2D eigenvalue weighted by Gasteiger charge is 2.11. The van der Waals surface area contributed by atoms with E-state index in [-0.39, 0.29) is 5.82 Å². The van der Waals surface area contributed by atoms with E-state index in [1.54, 1.807) is 19.1 Å². The molecule has 0 spiro atoms. The maximum Gasteiger partial charge on any atom is 0.126 e. The quantitative estimate of drug-likeness (QED) is 0.915. The Morgan fingerprint density at radius 1 is 1.15 bits per heavy atom. The van der Waals surface area contributed by atoms with Gasteiger partial charge in [0.15, 0.2) is 0 Å². The minimum atomic E-state index is -0.435. The molecule has 102 valence electrons. The molecule has 0 saturated heterocycles. The van der Waals surface area contributed by atoms with Crippen LogP contribution in [-0.4, -0.2) is 0 Å². The zero-order valence-corrected chi connectivity index (χ0v) is 11.7. The van der Waals surface area contributed by atoms with Crippen molar-refractivity contribution in [1.82, 2.24) is 5.32 Å². The molecule has 2 aromatic rings. The van der Waals surface area contributed by atoms with Crippen LogP contribution in [0.5, 0.6) is 0 Å². The molecule has 0 aliphatic rings. The molecule has 20 heavy (non-hydrogen) atoms. The minimum absolute atomic E-state index is 0.246. The maximum absolute atomic E-state index is 13.3. The van der Waals surface area contributed by atoms with Crippen LogP contribution in [0.15, 0.2) is 42.5 Å². The van der Waals surface area contributed by atoms with Crippen LogP contribution in [-0.2, 0) is 6.54 Å². The Bertz CT molecular complexity index is 626. The van der Waals surface area contributed by atoms with Crippen LogP contribution in [0.3, 0.4) is 0 Å². The molecule has 1 atom stereocenters. The molecule has 2 nitrogen and oxygen atoms in total. The van der Waals surface area contributed by atoms with Crippen molar-refractivity contribution in [2.24, 2.45) is 0 Å². The second-order valence-electron chi connectivity index (χ2n) is 4.94. The average molecular weight is 268 g/mol. The predicted octanol–water partition coefficient (Wildman–Crippen LogP) is 3.80. The van der Waals surface area contributed by atoms with Gasteiger partial charge >= 0.3 is 0 Å². The van der Waals surface area contributed by atoms with E-state index in [1.807, 2.05) is 31.2 Å². The van der Waals surface area contributed by atoms with E-state index in [1.165, 1.54) is 11.6 Å². The normalized spacial score (nSPS) is 11.9. The zero-order chi connectivity index (χ0) is 14.5. The van der Waals surface area contributed by atoms with Crippen molar-refractivity contribution >= 4 is 0 Å². The Morgan fingerprint density at radius 3 is 2.45 bits per heavy atom. The van der Waals surface area contributed by atoms with Crippen LogP contribution in [0.1, 0.15) is 28.3 Å². The van der Waals surface area contributed by atoms with Crippen LogP contribution >= 0.6 is 0 Å². The van der Waals surface area contributed by atoms with E-state index in [9.17, 15) is 9.65 Å². The minimum Gasteiger partial charge on any atom is -0.294 e. The molecule has 0 saturated carbocycles. The summed E-state index contributed by atoms with van der Waals surface area (Å²) in [6.07, 6.45) is 0. The zero-order valence-electron chi connectivity index (χ0n) is 11.7. The molecule has 0 heterocycles. The number of nitrogens with one attached hydrogen (secondary N) is 1. The van der Waals surface area contributed by atoms with Crippen molar-refractivity contribution in [1.29, 1.82) is 5.26 Å². The van der Waals surface area contributed by atoms with E-state index in [0.717, 1.165) is 11.1 Å². The summed E-state index contributed by atoms with van der Waals surface area (Å²) in [5.41, 5.74) is 3.67. The van der Waals surface area contributed by atoms with Gasteiger partial charge in [-0.2, -0.15) is 5.26 Å². The molecule has 2 aromatic carbocycles. The molecule has 0 fully saturated rings.